The molecule has 0 aliphatic rings. The molecule has 0 saturated carbocycles. The fourth-order valence-electron chi connectivity index (χ4n) is 1.30. The number of hydrogen-bond donors (Lipinski definition) is 1. The van der Waals surface area contributed by atoms with E-state index in [2.05, 4.69) is 0 Å². The van der Waals surface area contributed by atoms with E-state index < -0.39 is 11.9 Å². The van der Waals surface area contributed by atoms with Crippen LogP contribution in [0.3, 0.4) is 0 Å². The Hall–Kier alpha value is -2.30. The molecule has 2 N–H and O–H groups in total. The van der Waals surface area contributed by atoms with Crippen molar-refractivity contribution in [1.29, 1.82) is 0 Å². The molecule has 0 bridgehead atoms. The molecule has 0 spiro atoms. The normalized spacial score (nSPS) is 11.2. The summed E-state index contributed by atoms with van der Waals surface area (Å²) in [4.78, 5) is 23.3. The average Bonchev–Trinajstić information content (AvgIpc) is 2.37. The molecule has 0 heterocycles. The predicted molar refractivity (Wildman–Crippen MR) is 69.7 cm³/mol. The van der Waals surface area contributed by atoms with Gasteiger partial charge in [0.15, 0.2) is 5.57 Å². The summed E-state index contributed by atoms with van der Waals surface area (Å²) in [5, 5.41) is 0. The monoisotopic (exact) mass is 263 g/mol. The van der Waals surface area contributed by atoms with E-state index in [9.17, 15) is 9.59 Å². The Labute approximate surface area is 112 Å². The lowest BCUT2D eigenvalue weighted by atomic mass is 10.2. The van der Waals surface area contributed by atoms with Crippen molar-refractivity contribution in [2.45, 2.75) is 26.6 Å². The number of benzene rings is 1. The number of rotatable bonds is 5. The van der Waals surface area contributed by atoms with Gasteiger partial charge in [-0.05, 0) is 19.4 Å². The Morgan fingerprint density at radius 2 is 1.84 bits per heavy atom. The van der Waals surface area contributed by atoms with E-state index in [1.165, 1.54) is 0 Å². The van der Waals surface area contributed by atoms with E-state index in [0.29, 0.717) is 0 Å². The fraction of sp³-hybridized carbons (Fsp3) is 0.286. The molecule has 0 radical (unpaired) electrons. The van der Waals surface area contributed by atoms with Crippen LogP contribution in [-0.4, -0.2) is 18.0 Å². The van der Waals surface area contributed by atoms with E-state index in [1.54, 1.807) is 13.8 Å². The summed E-state index contributed by atoms with van der Waals surface area (Å²) in [5.41, 5.74) is 5.78. The first-order valence-electron chi connectivity index (χ1n) is 5.88. The minimum absolute atomic E-state index is 0.0754. The first kappa shape index (κ1) is 14.8. The van der Waals surface area contributed by atoms with Crippen molar-refractivity contribution in [2.24, 2.45) is 5.73 Å². The fourth-order valence-corrected chi connectivity index (χ4v) is 1.30. The van der Waals surface area contributed by atoms with Crippen LogP contribution < -0.4 is 5.73 Å². The van der Waals surface area contributed by atoms with Crippen molar-refractivity contribution in [3.05, 3.63) is 47.7 Å². The third kappa shape index (κ3) is 4.83. The molecular formula is C14H17NO4. The Morgan fingerprint density at radius 3 is 2.37 bits per heavy atom. The second-order valence-corrected chi connectivity index (χ2v) is 4.10. The second kappa shape index (κ2) is 7.20. The van der Waals surface area contributed by atoms with E-state index in [-0.39, 0.29) is 18.3 Å². The number of esters is 2. The largest absolute Gasteiger partial charge is 0.459 e. The molecule has 0 aliphatic carbocycles. The molecule has 0 unspecified atom stereocenters. The molecule has 19 heavy (non-hydrogen) atoms. The SMILES string of the molecule is CC(C)OC(=O)C(=CN)C(=O)OCc1ccccc1. The lowest BCUT2D eigenvalue weighted by molar-refractivity contribution is -0.149. The third-order valence-corrected chi connectivity index (χ3v) is 2.16. The van der Waals surface area contributed by atoms with Crippen LogP contribution in [0, 0.1) is 0 Å². The first-order chi connectivity index (χ1) is 9.04. The Kier molecular flexibility index (Phi) is 5.60. The topological polar surface area (TPSA) is 78.6 Å². The van der Waals surface area contributed by atoms with Gasteiger partial charge in [-0.2, -0.15) is 0 Å². The molecule has 5 nitrogen and oxygen atoms in total. The van der Waals surface area contributed by atoms with Crippen LogP contribution >= 0.6 is 0 Å². The minimum atomic E-state index is -0.794. The van der Waals surface area contributed by atoms with Gasteiger partial charge in [0.25, 0.3) is 0 Å². The van der Waals surface area contributed by atoms with Gasteiger partial charge in [0, 0.05) is 6.20 Å². The maximum atomic E-state index is 11.7. The smallest absolute Gasteiger partial charge is 0.347 e. The molecule has 1 aromatic carbocycles. The van der Waals surface area contributed by atoms with Crippen LogP contribution in [0.4, 0.5) is 0 Å². The number of carbonyl (C=O) groups excluding carboxylic acids is 2. The molecule has 0 atom stereocenters. The summed E-state index contributed by atoms with van der Waals surface area (Å²) >= 11 is 0. The van der Waals surface area contributed by atoms with E-state index in [4.69, 9.17) is 15.2 Å². The van der Waals surface area contributed by atoms with Crippen LogP contribution in [-0.2, 0) is 25.7 Å². The molecule has 0 aromatic heterocycles. The quantitative estimate of drug-likeness (QED) is 0.377. The van der Waals surface area contributed by atoms with Crippen molar-refractivity contribution in [2.75, 3.05) is 0 Å². The van der Waals surface area contributed by atoms with E-state index in [0.717, 1.165) is 11.8 Å². The van der Waals surface area contributed by atoms with Crippen LogP contribution in [0.1, 0.15) is 19.4 Å². The van der Waals surface area contributed by atoms with Gasteiger partial charge in [-0.15, -0.1) is 0 Å². The Balaban J connectivity index is 2.58. The summed E-state index contributed by atoms with van der Waals surface area (Å²) in [7, 11) is 0. The molecule has 0 fully saturated rings. The zero-order valence-electron chi connectivity index (χ0n) is 11.0. The number of nitrogens with two attached hydrogens (primary N) is 1. The standard InChI is InChI=1S/C14H17NO4/c1-10(2)19-14(17)12(8-15)13(16)18-9-11-6-4-3-5-7-11/h3-8,10H,9,15H2,1-2H3. The van der Waals surface area contributed by atoms with E-state index >= 15 is 0 Å². The van der Waals surface area contributed by atoms with Crippen molar-refractivity contribution >= 4 is 11.9 Å². The third-order valence-electron chi connectivity index (χ3n) is 2.16. The molecule has 5 heteroatoms. The van der Waals surface area contributed by atoms with Crippen molar-refractivity contribution in [3.8, 4) is 0 Å². The lowest BCUT2D eigenvalue weighted by Crippen LogP contribution is -2.22. The van der Waals surface area contributed by atoms with Crippen LogP contribution in [0.25, 0.3) is 0 Å². The average molecular weight is 263 g/mol. The summed E-state index contributed by atoms with van der Waals surface area (Å²) in [6.45, 7) is 3.44. The molecule has 1 rings (SSSR count). The Morgan fingerprint density at radius 1 is 1.21 bits per heavy atom. The summed E-state index contributed by atoms with van der Waals surface area (Å²) < 4.78 is 9.88. The lowest BCUT2D eigenvalue weighted by Gasteiger charge is -2.10. The van der Waals surface area contributed by atoms with Gasteiger partial charge >= 0.3 is 11.9 Å². The zero-order valence-corrected chi connectivity index (χ0v) is 11.0. The minimum Gasteiger partial charge on any atom is -0.459 e. The highest BCUT2D eigenvalue weighted by molar-refractivity contribution is 6.13. The van der Waals surface area contributed by atoms with Gasteiger partial charge in [-0.25, -0.2) is 9.59 Å². The molecular weight excluding hydrogens is 246 g/mol. The summed E-state index contributed by atoms with van der Waals surface area (Å²) in [6, 6.07) is 9.14. The van der Waals surface area contributed by atoms with Crippen LogP contribution in [0.2, 0.25) is 0 Å². The second-order valence-electron chi connectivity index (χ2n) is 4.10. The van der Waals surface area contributed by atoms with Crippen LogP contribution in [0.5, 0.6) is 0 Å². The first-order valence-corrected chi connectivity index (χ1v) is 5.88. The van der Waals surface area contributed by atoms with Gasteiger partial charge in [0.05, 0.1) is 6.10 Å². The molecule has 102 valence electrons. The number of hydrogen-bond acceptors (Lipinski definition) is 5. The molecule has 1 aromatic rings. The van der Waals surface area contributed by atoms with Crippen molar-refractivity contribution in [3.63, 3.8) is 0 Å². The number of ether oxygens (including phenoxy) is 2. The maximum absolute atomic E-state index is 11.7. The highest BCUT2D eigenvalue weighted by Gasteiger charge is 2.21. The summed E-state index contributed by atoms with van der Waals surface area (Å²) in [6.07, 6.45) is 0.572. The van der Waals surface area contributed by atoms with Crippen LogP contribution in [0.15, 0.2) is 42.1 Å². The van der Waals surface area contributed by atoms with Gasteiger partial charge in [-0.3, -0.25) is 0 Å². The highest BCUT2D eigenvalue weighted by Crippen LogP contribution is 2.06. The van der Waals surface area contributed by atoms with Gasteiger partial charge < -0.3 is 15.2 Å². The zero-order chi connectivity index (χ0) is 14.3. The maximum Gasteiger partial charge on any atom is 0.347 e. The number of carbonyl (C=O) groups is 2. The van der Waals surface area contributed by atoms with Gasteiger partial charge in [0.1, 0.15) is 6.61 Å². The van der Waals surface area contributed by atoms with E-state index in [1.807, 2.05) is 30.3 Å². The summed E-state index contributed by atoms with van der Waals surface area (Å²) in [5.74, 6) is -1.58. The molecule has 0 aliphatic heterocycles. The predicted octanol–water partition coefficient (Wildman–Crippen LogP) is 1.52. The Bertz CT molecular complexity index is 466. The molecule has 0 amide bonds. The van der Waals surface area contributed by atoms with Crippen molar-refractivity contribution in [1.82, 2.24) is 0 Å². The molecule has 0 saturated heterocycles. The van der Waals surface area contributed by atoms with Crippen molar-refractivity contribution < 1.29 is 19.1 Å². The van der Waals surface area contributed by atoms with Gasteiger partial charge in [0.2, 0.25) is 0 Å². The highest BCUT2D eigenvalue weighted by atomic mass is 16.6. The van der Waals surface area contributed by atoms with Gasteiger partial charge in [-0.1, -0.05) is 30.3 Å².